The van der Waals surface area contributed by atoms with E-state index in [1.807, 2.05) is 61.5 Å². The number of aromatic nitrogens is 3. The number of nitrogens with zero attached hydrogens (tertiary/aromatic N) is 6. The Hall–Kier alpha value is -5.08. The number of carbonyl (C=O) groups excluding carboxylic acids is 1. The second-order valence-electron chi connectivity index (χ2n) is 9.55. The number of para-hydroxylation sites is 1. The first-order valence-corrected chi connectivity index (χ1v) is 13.0. The summed E-state index contributed by atoms with van der Waals surface area (Å²) in [5.74, 6) is -0.00734. The summed E-state index contributed by atoms with van der Waals surface area (Å²) >= 11 is 0. The van der Waals surface area contributed by atoms with E-state index < -0.39 is 6.17 Å². The molecule has 2 aliphatic rings. The number of hydrogen-bond donors (Lipinski definition) is 2. The van der Waals surface area contributed by atoms with Crippen LogP contribution >= 0.6 is 0 Å². The number of amides is 1. The molecule has 11 nitrogen and oxygen atoms in total. The van der Waals surface area contributed by atoms with E-state index in [1.54, 1.807) is 6.07 Å². The van der Waals surface area contributed by atoms with Crippen LogP contribution in [0.5, 0.6) is 0 Å². The smallest absolute Gasteiger partial charge is 0.317 e. The molecule has 0 unspecified atom stereocenters. The molecular formula is C29H26N8O3. The number of nitriles is 1. The fourth-order valence-electron chi connectivity index (χ4n) is 4.83. The predicted octanol–water partition coefficient (Wildman–Crippen LogP) is 3.85. The monoisotopic (exact) mass is 534 g/mol. The molecule has 1 amide bonds. The largest absolute Gasteiger partial charge is 0.402 e. The van der Waals surface area contributed by atoms with Crippen molar-refractivity contribution in [2.24, 2.45) is 4.99 Å². The van der Waals surface area contributed by atoms with Gasteiger partial charge in [-0.1, -0.05) is 53.6 Å². The molecule has 2 aromatic carbocycles. The summed E-state index contributed by atoms with van der Waals surface area (Å²) in [7, 11) is 0. The van der Waals surface area contributed by atoms with Crippen LogP contribution in [0.4, 0.5) is 17.4 Å². The minimum atomic E-state index is -0.676. The fourth-order valence-corrected chi connectivity index (χ4v) is 4.83. The number of nitrogens with one attached hydrogen (secondary N) is 2. The summed E-state index contributed by atoms with van der Waals surface area (Å²) in [5, 5.41) is 24.0. The predicted molar refractivity (Wildman–Crippen MR) is 149 cm³/mol. The van der Waals surface area contributed by atoms with Gasteiger partial charge in [-0.05, 0) is 19.1 Å². The molecule has 11 heteroatoms. The molecule has 0 saturated carbocycles. The molecule has 40 heavy (non-hydrogen) atoms. The molecule has 6 rings (SSSR count). The Kier molecular flexibility index (Phi) is 6.91. The maximum atomic E-state index is 12.8. The summed E-state index contributed by atoms with van der Waals surface area (Å²) in [6, 6.07) is 21.4. The molecule has 2 aliphatic heterocycles. The van der Waals surface area contributed by atoms with Crippen molar-refractivity contribution >= 4 is 29.0 Å². The molecule has 4 heterocycles. The first-order chi connectivity index (χ1) is 19.6. The van der Waals surface area contributed by atoms with Crippen molar-refractivity contribution in [3.63, 3.8) is 0 Å². The topological polar surface area (TPSA) is 142 Å². The van der Waals surface area contributed by atoms with Gasteiger partial charge in [0.25, 0.3) is 5.89 Å². The zero-order valence-corrected chi connectivity index (χ0v) is 21.7. The third-order valence-electron chi connectivity index (χ3n) is 6.66. The molecule has 2 aromatic heterocycles. The molecule has 2 atom stereocenters. The molecule has 2 N–H and O–H groups in total. The van der Waals surface area contributed by atoms with E-state index in [2.05, 4.69) is 36.8 Å². The highest BCUT2D eigenvalue weighted by Gasteiger charge is 2.26. The number of pyridine rings is 1. The first-order valence-electron chi connectivity index (χ1n) is 13.0. The Labute approximate surface area is 230 Å². The van der Waals surface area contributed by atoms with E-state index in [4.69, 9.17) is 14.1 Å². The number of rotatable bonds is 5. The zero-order chi connectivity index (χ0) is 27.5. The standard InChI is InChI=1S/C29H26N8O3/c1-18-17-37(11-12-39-18)23-13-19(15-30)16-31-27(23)28-35-36-29(40-28)34-24-14-25(38)32-22-10-6-5-9-21(22)26(33-24)20-7-3-2-4-8-20/h2-10,13,16,18,24H,11-12,14,17H2,1H3,(H,32,38)(H,34,36)/t18-,24-/m1/s1. The summed E-state index contributed by atoms with van der Waals surface area (Å²) < 4.78 is 11.7. The molecular weight excluding hydrogens is 508 g/mol. The first kappa shape index (κ1) is 25.2. The summed E-state index contributed by atoms with van der Waals surface area (Å²) in [4.78, 5) is 24.4. The van der Waals surface area contributed by atoms with Gasteiger partial charge in [0.2, 0.25) is 5.91 Å². The number of morpholine rings is 1. The van der Waals surface area contributed by atoms with Crippen LogP contribution in [0, 0.1) is 11.3 Å². The highest BCUT2D eigenvalue weighted by Crippen LogP contribution is 2.31. The van der Waals surface area contributed by atoms with Crippen LogP contribution in [-0.2, 0) is 9.53 Å². The van der Waals surface area contributed by atoms with Crippen LogP contribution in [0.15, 0.2) is 76.3 Å². The Bertz CT molecular complexity index is 1610. The van der Waals surface area contributed by atoms with Crippen LogP contribution in [0.3, 0.4) is 0 Å². The van der Waals surface area contributed by atoms with E-state index in [-0.39, 0.29) is 30.3 Å². The average molecular weight is 535 g/mol. The maximum absolute atomic E-state index is 12.8. The van der Waals surface area contributed by atoms with Gasteiger partial charge in [0, 0.05) is 30.4 Å². The highest BCUT2D eigenvalue weighted by atomic mass is 16.5. The van der Waals surface area contributed by atoms with Gasteiger partial charge >= 0.3 is 6.01 Å². The summed E-state index contributed by atoms with van der Waals surface area (Å²) in [6.45, 7) is 3.83. The molecule has 0 aliphatic carbocycles. The third kappa shape index (κ3) is 5.25. The van der Waals surface area contributed by atoms with Gasteiger partial charge < -0.3 is 24.7 Å². The number of benzene rings is 2. The van der Waals surface area contributed by atoms with Gasteiger partial charge in [0.15, 0.2) is 5.69 Å². The van der Waals surface area contributed by atoms with E-state index in [0.717, 1.165) is 22.5 Å². The van der Waals surface area contributed by atoms with Gasteiger partial charge in [-0.3, -0.25) is 9.79 Å². The van der Waals surface area contributed by atoms with Crippen molar-refractivity contribution in [3.05, 3.63) is 83.6 Å². The zero-order valence-electron chi connectivity index (χ0n) is 21.7. The maximum Gasteiger partial charge on any atom is 0.317 e. The molecule has 0 spiro atoms. The third-order valence-corrected chi connectivity index (χ3v) is 6.66. The van der Waals surface area contributed by atoms with Gasteiger partial charge in [-0.25, -0.2) is 4.98 Å². The van der Waals surface area contributed by atoms with Gasteiger partial charge in [-0.2, -0.15) is 5.26 Å². The van der Waals surface area contributed by atoms with E-state index >= 15 is 0 Å². The lowest BCUT2D eigenvalue weighted by molar-refractivity contribution is -0.116. The highest BCUT2D eigenvalue weighted by molar-refractivity contribution is 6.17. The lowest BCUT2D eigenvalue weighted by atomic mass is 9.99. The van der Waals surface area contributed by atoms with Crippen molar-refractivity contribution in [2.45, 2.75) is 25.6 Å². The fraction of sp³-hybridized carbons (Fsp3) is 0.241. The van der Waals surface area contributed by atoms with Crippen LogP contribution in [0.2, 0.25) is 0 Å². The number of fused-ring (bicyclic) bond motifs is 1. The van der Waals surface area contributed by atoms with Crippen molar-refractivity contribution in [3.8, 4) is 17.7 Å². The van der Waals surface area contributed by atoms with Gasteiger partial charge in [-0.15, -0.1) is 5.10 Å². The van der Waals surface area contributed by atoms with Crippen molar-refractivity contribution < 1.29 is 13.9 Å². The summed E-state index contributed by atoms with van der Waals surface area (Å²) in [5.41, 5.74) is 4.76. The minimum absolute atomic E-state index is 0.0273. The van der Waals surface area contributed by atoms with Crippen LogP contribution in [0.1, 0.15) is 30.0 Å². The molecule has 0 radical (unpaired) electrons. The Morgan fingerprint density at radius 1 is 1.12 bits per heavy atom. The molecule has 4 aromatic rings. The Morgan fingerprint density at radius 2 is 1.95 bits per heavy atom. The van der Waals surface area contributed by atoms with E-state index in [0.29, 0.717) is 36.6 Å². The van der Waals surface area contributed by atoms with Gasteiger partial charge in [0.05, 0.1) is 41.8 Å². The Morgan fingerprint density at radius 3 is 2.77 bits per heavy atom. The van der Waals surface area contributed by atoms with Crippen LogP contribution in [-0.4, -0.2) is 58.8 Å². The van der Waals surface area contributed by atoms with Crippen molar-refractivity contribution in [1.82, 2.24) is 15.2 Å². The Balaban J connectivity index is 1.33. The molecule has 1 fully saturated rings. The van der Waals surface area contributed by atoms with Gasteiger partial charge in [0.1, 0.15) is 12.2 Å². The number of carbonyl (C=O) groups is 1. The quantitative estimate of drug-likeness (QED) is 0.390. The minimum Gasteiger partial charge on any atom is -0.402 e. The van der Waals surface area contributed by atoms with E-state index in [9.17, 15) is 10.1 Å². The molecule has 200 valence electrons. The van der Waals surface area contributed by atoms with Crippen LogP contribution in [0.25, 0.3) is 11.6 Å². The SMILES string of the molecule is C[C@@H]1CN(c2cc(C#N)cnc2-c2nnc(N[C@@H]3CC(=O)Nc4ccccc4C(c4ccccc4)=N3)o2)CCO1. The average Bonchev–Trinajstić information content (AvgIpc) is 3.43. The normalized spacial score (nSPS) is 18.9. The van der Waals surface area contributed by atoms with Crippen molar-refractivity contribution in [1.29, 1.82) is 5.26 Å². The van der Waals surface area contributed by atoms with Crippen LogP contribution < -0.4 is 15.5 Å². The second kappa shape index (κ2) is 11.0. The lowest BCUT2D eigenvalue weighted by Crippen LogP contribution is -2.41. The number of hydrogen-bond acceptors (Lipinski definition) is 10. The molecule has 1 saturated heterocycles. The second-order valence-corrected chi connectivity index (χ2v) is 9.55. The number of ether oxygens (including phenoxy) is 1. The number of aliphatic imine (C=N–C) groups is 1. The summed E-state index contributed by atoms with van der Waals surface area (Å²) in [6.07, 6.45) is 0.881. The van der Waals surface area contributed by atoms with Crippen molar-refractivity contribution in [2.75, 3.05) is 35.2 Å². The lowest BCUT2D eigenvalue weighted by Gasteiger charge is -2.33. The number of anilines is 3. The molecule has 0 bridgehead atoms. The van der Waals surface area contributed by atoms with E-state index in [1.165, 1.54) is 6.20 Å².